The average Bonchev–Trinajstić information content (AvgIpc) is 2.85. The summed E-state index contributed by atoms with van der Waals surface area (Å²) >= 11 is 0. The third kappa shape index (κ3) is 2.06. The molecule has 0 aliphatic carbocycles. The maximum Gasteiger partial charge on any atom is 0.339 e. The number of hydrogen-bond acceptors (Lipinski definition) is 6. The zero-order valence-corrected chi connectivity index (χ0v) is 10.1. The molecule has 6 nitrogen and oxygen atoms in total. The zero-order valence-electron chi connectivity index (χ0n) is 10.1. The van der Waals surface area contributed by atoms with Crippen molar-refractivity contribution in [2.45, 2.75) is 13.0 Å². The zero-order chi connectivity index (χ0) is 13.1. The fraction of sp³-hybridized carbons (Fsp3) is 0.417. The van der Waals surface area contributed by atoms with Gasteiger partial charge in [-0.05, 0) is 19.1 Å². The van der Waals surface area contributed by atoms with Crippen molar-refractivity contribution < 1.29 is 28.8 Å². The van der Waals surface area contributed by atoms with Gasteiger partial charge in [-0.1, -0.05) is 0 Å². The first-order valence-corrected chi connectivity index (χ1v) is 5.50. The van der Waals surface area contributed by atoms with Crippen LogP contribution in [-0.2, 0) is 9.53 Å². The van der Waals surface area contributed by atoms with Crippen molar-refractivity contribution in [3.05, 3.63) is 17.7 Å². The van der Waals surface area contributed by atoms with E-state index in [1.165, 1.54) is 7.11 Å². The first-order chi connectivity index (χ1) is 8.69. The van der Waals surface area contributed by atoms with E-state index in [-0.39, 0.29) is 19.1 Å². The summed E-state index contributed by atoms with van der Waals surface area (Å²) in [5.74, 6) is 0.463. The minimum Gasteiger partial charge on any atom is -0.492 e. The third-order valence-electron chi connectivity index (χ3n) is 2.53. The molecule has 0 radical (unpaired) electrons. The number of benzene rings is 1. The van der Waals surface area contributed by atoms with Crippen molar-refractivity contribution in [2.75, 3.05) is 20.5 Å². The predicted molar refractivity (Wildman–Crippen MR) is 60.7 cm³/mol. The van der Waals surface area contributed by atoms with Crippen molar-refractivity contribution in [1.29, 1.82) is 0 Å². The number of fused-ring (bicyclic) bond motifs is 1. The Bertz CT molecular complexity index is 456. The Hall–Kier alpha value is -1.95. The quantitative estimate of drug-likeness (QED) is 0.809. The van der Waals surface area contributed by atoms with Gasteiger partial charge in [0.25, 0.3) is 0 Å². The number of hydrogen-bond donors (Lipinski definition) is 1. The molecule has 0 aromatic heterocycles. The number of aliphatic hydroxyl groups excluding tert-OH is 1. The molecule has 1 heterocycles. The lowest BCUT2D eigenvalue weighted by molar-refractivity contribution is -0.153. The van der Waals surface area contributed by atoms with Gasteiger partial charge in [-0.25, -0.2) is 4.79 Å². The molecule has 1 aliphatic rings. The SMILES string of the molecule is CCOC(=O)C(O)c1ccc2c(c1OC)OCO2. The number of carbonyl (C=O) groups is 1. The van der Waals surface area contributed by atoms with Crippen LogP contribution in [0.1, 0.15) is 18.6 Å². The Kier molecular flexibility index (Phi) is 3.57. The fourth-order valence-electron chi connectivity index (χ4n) is 1.74. The van der Waals surface area contributed by atoms with Gasteiger partial charge in [-0.2, -0.15) is 0 Å². The highest BCUT2D eigenvalue weighted by atomic mass is 16.7. The number of ether oxygens (including phenoxy) is 4. The molecule has 1 aliphatic heterocycles. The summed E-state index contributed by atoms with van der Waals surface area (Å²) in [6.07, 6.45) is -1.41. The van der Waals surface area contributed by atoms with Crippen LogP contribution >= 0.6 is 0 Å². The summed E-state index contributed by atoms with van der Waals surface area (Å²) < 4.78 is 20.3. The van der Waals surface area contributed by atoms with Gasteiger partial charge in [0.15, 0.2) is 17.6 Å². The molecule has 0 spiro atoms. The van der Waals surface area contributed by atoms with E-state index < -0.39 is 12.1 Å². The molecule has 0 saturated carbocycles. The highest BCUT2D eigenvalue weighted by molar-refractivity contribution is 5.78. The molecule has 0 amide bonds. The molecule has 1 N–H and O–H groups in total. The minimum absolute atomic E-state index is 0.0879. The van der Waals surface area contributed by atoms with E-state index in [0.717, 1.165) is 0 Å². The van der Waals surface area contributed by atoms with E-state index in [1.807, 2.05) is 0 Å². The van der Waals surface area contributed by atoms with Crippen molar-refractivity contribution in [3.8, 4) is 17.2 Å². The highest BCUT2D eigenvalue weighted by Crippen LogP contribution is 2.45. The number of methoxy groups -OCH3 is 1. The standard InChI is InChI=1S/C12H14O6/c1-3-16-12(14)9(13)7-4-5-8-11(10(7)15-2)18-6-17-8/h4-5,9,13H,3,6H2,1-2H3. The molecular formula is C12H14O6. The van der Waals surface area contributed by atoms with Crippen LogP contribution in [0.5, 0.6) is 17.2 Å². The second kappa shape index (κ2) is 5.14. The van der Waals surface area contributed by atoms with Crippen LogP contribution in [0.3, 0.4) is 0 Å². The smallest absolute Gasteiger partial charge is 0.339 e. The number of esters is 1. The largest absolute Gasteiger partial charge is 0.492 e. The van der Waals surface area contributed by atoms with E-state index in [1.54, 1.807) is 19.1 Å². The van der Waals surface area contributed by atoms with Gasteiger partial charge >= 0.3 is 5.97 Å². The maximum absolute atomic E-state index is 11.5. The Morgan fingerprint density at radius 1 is 1.50 bits per heavy atom. The van der Waals surface area contributed by atoms with Crippen LogP contribution in [0.2, 0.25) is 0 Å². The minimum atomic E-state index is -1.41. The molecule has 0 saturated heterocycles. The summed E-state index contributed by atoms with van der Waals surface area (Å²) in [7, 11) is 1.43. The summed E-state index contributed by atoms with van der Waals surface area (Å²) in [6.45, 7) is 1.95. The molecule has 98 valence electrons. The van der Waals surface area contributed by atoms with Crippen LogP contribution in [0, 0.1) is 0 Å². The Labute approximate surface area is 104 Å². The Morgan fingerprint density at radius 3 is 2.94 bits per heavy atom. The van der Waals surface area contributed by atoms with Gasteiger partial charge in [0.1, 0.15) is 0 Å². The summed E-state index contributed by atoms with van der Waals surface area (Å²) in [5.41, 5.74) is 0.292. The monoisotopic (exact) mass is 254 g/mol. The molecule has 1 aromatic rings. The molecule has 1 unspecified atom stereocenters. The normalized spacial score (nSPS) is 14.2. The molecule has 0 fully saturated rings. The van der Waals surface area contributed by atoms with E-state index in [9.17, 15) is 9.90 Å². The second-order valence-electron chi connectivity index (χ2n) is 3.58. The van der Waals surface area contributed by atoms with Gasteiger partial charge < -0.3 is 24.1 Å². The van der Waals surface area contributed by atoms with E-state index in [4.69, 9.17) is 18.9 Å². The van der Waals surface area contributed by atoms with Crippen molar-refractivity contribution in [3.63, 3.8) is 0 Å². The Morgan fingerprint density at radius 2 is 2.28 bits per heavy atom. The maximum atomic E-state index is 11.5. The number of rotatable bonds is 4. The topological polar surface area (TPSA) is 74.2 Å². The third-order valence-corrected chi connectivity index (χ3v) is 2.53. The fourth-order valence-corrected chi connectivity index (χ4v) is 1.74. The number of aliphatic hydroxyl groups is 1. The lowest BCUT2D eigenvalue weighted by atomic mass is 10.1. The summed E-state index contributed by atoms with van der Waals surface area (Å²) in [4.78, 5) is 11.5. The van der Waals surface area contributed by atoms with Crippen molar-refractivity contribution in [1.82, 2.24) is 0 Å². The lowest BCUT2D eigenvalue weighted by Gasteiger charge is -2.15. The first kappa shape index (κ1) is 12.5. The van der Waals surface area contributed by atoms with Crippen molar-refractivity contribution in [2.24, 2.45) is 0 Å². The molecule has 18 heavy (non-hydrogen) atoms. The summed E-state index contributed by atoms with van der Waals surface area (Å²) in [6, 6.07) is 3.16. The lowest BCUT2D eigenvalue weighted by Crippen LogP contribution is -2.16. The highest BCUT2D eigenvalue weighted by Gasteiger charge is 2.28. The van der Waals surface area contributed by atoms with Crippen LogP contribution in [0.4, 0.5) is 0 Å². The second-order valence-corrected chi connectivity index (χ2v) is 3.58. The van der Waals surface area contributed by atoms with E-state index in [2.05, 4.69) is 0 Å². The van der Waals surface area contributed by atoms with Crippen LogP contribution in [0.15, 0.2) is 12.1 Å². The Balaban J connectivity index is 2.36. The molecule has 0 bridgehead atoms. The van der Waals surface area contributed by atoms with E-state index >= 15 is 0 Å². The summed E-state index contributed by atoms with van der Waals surface area (Å²) in [5, 5.41) is 9.91. The first-order valence-electron chi connectivity index (χ1n) is 5.50. The number of carbonyl (C=O) groups excluding carboxylic acids is 1. The van der Waals surface area contributed by atoms with Crippen LogP contribution in [0.25, 0.3) is 0 Å². The van der Waals surface area contributed by atoms with Gasteiger partial charge in [-0.3, -0.25) is 0 Å². The van der Waals surface area contributed by atoms with Gasteiger partial charge in [0, 0.05) is 5.56 Å². The van der Waals surface area contributed by atoms with Crippen LogP contribution < -0.4 is 14.2 Å². The molecule has 1 atom stereocenters. The molecule has 2 rings (SSSR count). The predicted octanol–water partition coefficient (Wildman–Crippen LogP) is 1.02. The molecular weight excluding hydrogens is 240 g/mol. The van der Waals surface area contributed by atoms with Gasteiger partial charge in [0.05, 0.1) is 13.7 Å². The molecule has 6 heteroatoms. The van der Waals surface area contributed by atoms with Gasteiger partial charge in [-0.15, -0.1) is 0 Å². The van der Waals surface area contributed by atoms with Crippen molar-refractivity contribution >= 4 is 5.97 Å². The van der Waals surface area contributed by atoms with Crippen LogP contribution in [-0.4, -0.2) is 31.6 Å². The van der Waals surface area contributed by atoms with E-state index in [0.29, 0.717) is 17.1 Å². The molecule has 1 aromatic carbocycles. The average molecular weight is 254 g/mol. The van der Waals surface area contributed by atoms with Gasteiger partial charge in [0.2, 0.25) is 12.5 Å².